The molecule has 0 radical (unpaired) electrons. The number of amides is 1. The Morgan fingerprint density at radius 2 is 2.11 bits per heavy atom. The standard InChI is InChI=1S/C17H25ClN6O3S/c1-4-24-15(14(18)8-21-24)9-19-17(25)13-6-5-7-23(11-13)28(26,27)16-10-20-22(3)12(16)2/h8,10,13H,4-7,9,11H2,1-3H3,(H,19,25). The predicted molar refractivity (Wildman–Crippen MR) is 104 cm³/mol. The lowest BCUT2D eigenvalue weighted by atomic mass is 9.99. The van der Waals surface area contributed by atoms with E-state index in [0.29, 0.717) is 36.6 Å². The van der Waals surface area contributed by atoms with Crippen molar-refractivity contribution >= 4 is 27.5 Å². The van der Waals surface area contributed by atoms with Gasteiger partial charge in [-0.25, -0.2) is 8.42 Å². The summed E-state index contributed by atoms with van der Waals surface area (Å²) in [6.45, 7) is 5.13. The lowest BCUT2D eigenvalue weighted by molar-refractivity contribution is -0.126. The highest BCUT2D eigenvalue weighted by molar-refractivity contribution is 7.89. The molecule has 154 valence electrons. The van der Waals surface area contributed by atoms with Crippen LogP contribution in [0.2, 0.25) is 5.02 Å². The molecular weight excluding hydrogens is 404 g/mol. The third-order valence-electron chi connectivity index (χ3n) is 5.19. The molecule has 1 aliphatic heterocycles. The topological polar surface area (TPSA) is 102 Å². The summed E-state index contributed by atoms with van der Waals surface area (Å²) in [5, 5.41) is 11.6. The SMILES string of the molecule is CCn1ncc(Cl)c1CNC(=O)C1CCCN(S(=O)(=O)c2cnn(C)c2C)C1. The van der Waals surface area contributed by atoms with Crippen molar-refractivity contribution in [3.63, 3.8) is 0 Å². The highest BCUT2D eigenvalue weighted by Crippen LogP contribution is 2.25. The van der Waals surface area contributed by atoms with Crippen molar-refractivity contribution in [2.75, 3.05) is 13.1 Å². The molecule has 28 heavy (non-hydrogen) atoms. The number of hydrogen-bond acceptors (Lipinski definition) is 5. The zero-order chi connectivity index (χ0) is 20.5. The van der Waals surface area contributed by atoms with Gasteiger partial charge in [0.2, 0.25) is 15.9 Å². The molecule has 1 unspecified atom stereocenters. The summed E-state index contributed by atoms with van der Waals surface area (Å²) in [5.74, 6) is -0.583. The van der Waals surface area contributed by atoms with Gasteiger partial charge in [0, 0.05) is 26.7 Å². The van der Waals surface area contributed by atoms with E-state index in [-0.39, 0.29) is 23.9 Å². The quantitative estimate of drug-likeness (QED) is 0.747. The molecule has 1 fully saturated rings. The van der Waals surface area contributed by atoms with Gasteiger partial charge in [-0.1, -0.05) is 11.6 Å². The smallest absolute Gasteiger partial charge is 0.246 e. The summed E-state index contributed by atoms with van der Waals surface area (Å²) >= 11 is 6.13. The van der Waals surface area contributed by atoms with Crippen LogP contribution in [0.25, 0.3) is 0 Å². The van der Waals surface area contributed by atoms with E-state index in [1.165, 1.54) is 15.2 Å². The molecule has 1 atom stereocenters. The molecule has 0 aliphatic carbocycles. The third-order valence-corrected chi connectivity index (χ3v) is 7.47. The number of halogens is 1. The van der Waals surface area contributed by atoms with Gasteiger partial charge in [0.15, 0.2) is 0 Å². The molecule has 0 saturated carbocycles. The van der Waals surface area contributed by atoms with E-state index in [9.17, 15) is 13.2 Å². The summed E-state index contributed by atoms with van der Waals surface area (Å²) < 4.78 is 30.6. The van der Waals surface area contributed by atoms with E-state index >= 15 is 0 Å². The fourth-order valence-electron chi connectivity index (χ4n) is 3.40. The molecule has 3 heterocycles. The number of sulfonamides is 1. The monoisotopic (exact) mass is 428 g/mol. The van der Waals surface area contributed by atoms with Crippen LogP contribution in [0.3, 0.4) is 0 Å². The Bertz CT molecular complexity index is 968. The zero-order valence-corrected chi connectivity index (χ0v) is 17.8. The second-order valence-corrected chi connectivity index (χ2v) is 9.21. The molecule has 1 N–H and O–H groups in total. The minimum atomic E-state index is -3.68. The first-order valence-corrected chi connectivity index (χ1v) is 11.0. The molecule has 1 amide bonds. The number of aryl methyl sites for hydroxylation is 2. The largest absolute Gasteiger partial charge is 0.350 e. The molecule has 1 aliphatic rings. The van der Waals surface area contributed by atoms with Crippen molar-refractivity contribution < 1.29 is 13.2 Å². The van der Waals surface area contributed by atoms with Gasteiger partial charge in [-0.3, -0.25) is 14.2 Å². The molecule has 1 saturated heterocycles. The van der Waals surface area contributed by atoms with E-state index < -0.39 is 15.9 Å². The number of hydrogen-bond donors (Lipinski definition) is 1. The van der Waals surface area contributed by atoms with Crippen molar-refractivity contribution in [3.8, 4) is 0 Å². The van der Waals surface area contributed by atoms with Crippen LogP contribution in [0.15, 0.2) is 17.3 Å². The van der Waals surface area contributed by atoms with Gasteiger partial charge < -0.3 is 5.32 Å². The lowest BCUT2D eigenvalue weighted by Crippen LogP contribution is -2.45. The van der Waals surface area contributed by atoms with Gasteiger partial charge in [-0.15, -0.1) is 0 Å². The molecule has 2 aromatic heterocycles. The van der Waals surface area contributed by atoms with Gasteiger partial charge in [0.1, 0.15) is 4.90 Å². The van der Waals surface area contributed by atoms with Crippen molar-refractivity contribution in [1.82, 2.24) is 29.2 Å². The summed E-state index contributed by atoms with van der Waals surface area (Å²) in [5.41, 5.74) is 1.32. The maximum atomic E-state index is 13.0. The summed E-state index contributed by atoms with van der Waals surface area (Å²) in [4.78, 5) is 12.9. The van der Waals surface area contributed by atoms with Gasteiger partial charge in [-0.2, -0.15) is 14.5 Å². The first-order chi connectivity index (χ1) is 13.3. The number of piperidine rings is 1. The Hall–Kier alpha value is -1.91. The van der Waals surface area contributed by atoms with Gasteiger partial charge in [-0.05, 0) is 26.7 Å². The highest BCUT2D eigenvalue weighted by atomic mass is 35.5. The Morgan fingerprint density at radius 3 is 2.75 bits per heavy atom. The average Bonchev–Trinajstić information content (AvgIpc) is 3.22. The molecule has 0 aromatic carbocycles. The van der Waals surface area contributed by atoms with Crippen LogP contribution < -0.4 is 5.32 Å². The maximum Gasteiger partial charge on any atom is 0.246 e. The lowest BCUT2D eigenvalue weighted by Gasteiger charge is -2.31. The molecule has 11 heteroatoms. The minimum absolute atomic E-state index is 0.156. The van der Waals surface area contributed by atoms with Gasteiger partial charge in [0.05, 0.1) is 41.3 Å². The minimum Gasteiger partial charge on any atom is -0.350 e. The van der Waals surface area contributed by atoms with Crippen LogP contribution in [0.4, 0.5) is 0 Å². The predicted octanol–water partition coefficient (Wildman–Crippen LogP) is 1.32. The number of rotatable bonds is 6. The van der Waals surface area contributed by atoms with E-state index in [1.54, 1.807) is 24.9 Å². The number of nitrogens with zero attached hydrogens (tertiary/aromatic N) is 5. The van der Waals surface area contributed by atoms with Gasteiger partial charge in [0.25, 0.3) is 0 Å². The Labute approximate surface area is 169 Å². The number of carbonyl (C=O) groups is 1. The van der Waals surface area contributed by atoms with Crippen molar-refractivity contribution in [1.29, 1.82) is 0 Å². The molecule has 2 aromatic rings. The van der Waals surface area contributed by atoms with E-state index in [4.69, 9.17) is 11.6 Å². The first kappa shape index (κ1) is 20.8. The third kappa shape index (κ3) is 3.94. The van der Waals surface area contributed by atoms with Crippen molar-refractivity contribution in [2.24, 2.45) is 13.0 Å². The molecular formula is C17H25ClN6O3S. The molecule has 9 nitrogen and oxygen atoms in total. The fraction of sp³-hybridized carbons (Fsp3) is 0.588. The van der Waals surface area contributed by atoms with Crippen LogP contribution in [0.1, 0.15) is 31.2 Å². The number of aromatic nitrogens is 4. The van der Waals surface area contributed by atoms with Crippen LogP contribution >= 0.6 is 11.6 Å². The fourth-order valence-corrected chi connectivity index (χ4v) is 5.31. The average molecular weight is 429 g/mol. The highest BCUT2D eigenvalue weighted by Gasteiger charge is 2.35. The van der Waals surface area contributed by atoms with E-state index in [0.717, 1.165) is 5.69 Å². The summed E-state index contributed by atoms with van der Waals surface area (Å²) in [6.07, 6.45) is 4.19. The molecule has 3 rings (SSSR count). The second-order valence-electron chi connectivity index (χ2n) is 6.89. The van der Waals surface area contributed by atoms with Gasteiger partial charge >= 0.3 is 0 Å². The normalized spacial score (nSPS) is 18.4. The number of carbonyl (C=O) groups excluding carboxylic acids is 1. The summed E-state index contributed by atoms with van der Waals surface area (Å²) in [7, 11) is -1.98. The van der Waals surface area contributed by atoms with Crippen molar-refractivity contribution in [3.05, 3.63) is 28.8 Å². The molecule has 0 spiro atoms. The first-order valence-electron chi connectivity index (χ1n) is 9.22. The van der Waals surface area contributed by atoms with E-state index in [1.807, 2.05) is 6.92 Å². The second kappa shape index (κ2) is 8.22. The summed E-state index contributed by atoms with van der Waals surface area (Å²) in [6, 6.07) is 0. The Morgan fingerprint density at radius 1 is 1.36 bits per heavy atom. The van der Waals surface area contributed by atoms with Crippen LogP contribution in [-0.4, -0.2) is 51.3 Å². The van der Waals surface area contributed by atoms with Crippen molar-refractivity contribution in [2.45, 2.75) is 44.7 Å². The number of nitrogens with one attached hydrogen (secondary N) is 1. The van der Waals surface area contributed by atoms with Crippen LogP contribution in [0.5, 0.6) is 0 Å². The van der Waals surface area contributed by atoms with E-state index in [2.05, 4.69) is 15.5 Å². The maximum absolute atomic E-state index is 13.0. The van der Waals surface area contributed by atoms with Crippen LogP contribution in [-0.2, 0) is 35.0 Å². The Balaban J connectivity index is 1.68. The van der Waals surface area contributed by atoms with Crippen LogP contribution in [0, 0.1) is 12.8 Å². The Kier molecular flexibility index (Phi) is 6.11. The zero-order valence-electron chi connectivity index (χ0n) is 16.2. The molecule has 0 bridgehead atoms.